The average Bonchev–Trinajstić information content (AvgIpc) is 2.55. The van der Waals surface area contributed by atoms with Crippen molar-refractivity contribution < 1.29 is 48.8 Å². The third-order valence-electron chi connectivity index (χ3n) is 2.45. The van der Waals surface area contributed by atoms with Crippen LogP contribution in [0.4, 0.5) is 0 Å². The van der Waals surface area contributed by atoms with Gasteiger partial charge in [-0.1, -0.05) is 72.8 Å². The molecule has 0 aliphatic carbocycles. The normalized spacial score (nSPS) is 9.59. The monoisotopic (exact) mass is 528 g/mol. The fraction of sp³-hybridized carbons (Fsp3) is 0.111. The number of hydrogen-bond acceptors (Lipinski definition) is 2. The van der Waals surface area contributed by atoms with Crippen LogP contribution in [0.1, 0.15) is 11.1 Å². The van der Waals surface area contributed by atoms with Crippen molar-refractivity contribution in [2.45, 2.75) is 12.8 Å². The van der Waals surface area contributed by atoms with Crippen LogP contribution >= 0.6 is 13.4 Å². The predicted octanol–water partition coefficient (Wildman–Crippen LogP) is 3.20. The van der Waals surface area contributed by atoms with Gasteiger partial charge in [-0.3, -0.25) is 0 Å². The Bertz CT molecular complexity index is 669. The minimum absolute atomic E-state index is 0. The summed E-state index contributed by atoms with van der Waals surface area (Å²) in [5.74, 6) is 0. The fourth-order valence-corrected chi connectivity index (χ4v) is 1.56. The number of benzene rings is 2. The van der Waals surface area contributed by atoms with E-state index in [2.05, 4.69) is 61.0 Å². The Balaban J connectivity index is -0.000000321. The fourth-order valence-electron chi connectivity index (χ4n) is 1.56. The van der Waals surface area contributed by atoms with Crippen LogP contribution in [0.15, 0.2) is 86.0 Å². The molecule has 0 bridgehead atoms. The third-order valence-corrected chi connectivity index (χ3v) is 2.45. The zero-order valence-corrected chi connectivity index (χ0v) is 22.2. The maximum atomic E-state index is 7.56. The van der Waals surface area contributed by atoms with Crippen molar-refractivity contribution in [2.24, 2.45) is 0 Å². The maximum absolute atomic E-state index is 7.56. The molecule has 0 radical (unpaired) electrons. The molecule has 0 saturated heterocycles. The van der Waals surface area contributed by atoms with Crippen molar-refractivity contribution in [2.75, 3.05) is 0 Å². The smallest absolute Gasteiger partial charge is 0.319 e. The molecule has 0 saturated carbocycles. The first-order valence-electron chi connectivity index (χ1n) is 7.73. The molecule has 0 aliphatic heterocycles. The van der Waals surface area contributed by atoms with Crippen LogP contribution in [-0.2, 0) is 55.9 Å². The van der Waals surface area contributed by atoms with Crippen LogP contribution in [-0.4, -0.2) is 29.4 Å². The molecule has 0 amide bonds. The summed E-state index contributed by atoms with van der Waals surface area (Å²) in [6.07, 6.45) is 5.77. The van der Waals surface area contributed by atoms with Crippen LogP contribution in [0.2, 0.25) is 0 Å². The van der Waals surface area contributed by atoms with Gasteiger partial charge in [0.1, 0.15) is 0 Å². The van der Waals surface area contributed by atoms with Gasteiger partial charge in [-0.25, -0.2) is 0 Å². The Hall–Kier alpha value is -0.397. The summed E-state index contributed by atoms with van der Waals surface area (Å²) in [5, 5.41) is 0. The molecule has 158 valence electrons. The molecular formula is C18H26O6P2S2Zn. The first kappa shape index (κ1) is 33.2. The van der Waals surface area contributed by atoms with Crippen molar-refractivity contribution in [3.63, 3.8) is 0 Å². The van der Waals surface area contributed by atoms with E-state index in [1.165, 1.54) is 11.1 Å². The third kappa shape index (κ3) is 38.8. The molecule has 0 spiro atoms. The summed E-state index contributed by atoms with van der Waals surface area (Å²) in [5.41, 5.74) is 2.65. The molecule has 0 atom stereocenters. The Morgan fingerprint density at radius 1 is 0.621 bits per heavy atom. The first-order valence-corrected chi connectivity index (χ1v) is 13.0. The topological polar surface area (TPSA) is 121 Å². The Labute approximate surface area is 195 Å². The zero-order chi connectivity index (χ0) is 22.1. The van der Waals surface area contributed by atoms with Gasteiger partial charge in [0.25, 0.3) is 0 Å². The molecule has 0 fully saturated rings. The van der Waals surface area contributed by atoms with E-state index >= 15 is 0 Å². The summed E-state index contributed by atoms with van der Waals surface area (Å²) in [7, 11) is 0. The molecular weight excluding hydrogens is 504 g/mol. The Morgan fingerprint density at radius 2 is 0.828 bits per heavy atom. The van der Waals surface area contributed by atoms with Gasteiger partial charge in [-0.05, 0) is 47.6 Å². The van der Waals surface area contributed by atoms with Gasteiger partial charge >= 0.3 is 13.4 Å². The van der Waals surface area contributed by atoms with Crippen LogP contribution in [0, 0.1) is 0 Å². The van der Waals surface area contributed by atoms with E-state index in [0.29, 0.717) is 0 Å². The molecule has 6 nitrogen and oxygen atoms in total. The molecule has 0 heterocycles. The van der Waals surface area contributed by atoms with Crippen LogP contribution in [0.5, 0.6) is 0 Å². The van der Waals surface area contributed by atoms with Crippen molar-refractivity contribution in [3.05, 3.63) is 97.1 Å². The minimum Gasteiger partial charge on any atom is -0.325 e. The van der Waals surface area contributed by atoms with Crippen LogP contribution in [0.3, 0.4) is 0 Å². The second-order valence-corrected chi connectivity index (χ2v) is 9.98. The van der Waals surface area contributed by atoms with Gasteiger partial charge in [0.15, 0.2) is 0 Å². The first-order chi connectivity index (χ1) is 12.9. The molecule has 2 rings (SSSR count). The van der Waals surface area contributed by atoms with E-state index in [1.807, 2.05) is 48.6 Å². The van der Waals surface area contributed by atoms with Gasteiger partial charge in [0, 0.05) is 19.5 Å². The second-order valence-electron chi connectivity index (χ2n) is 4.98. The molecule has 6 N–H and O–H groups in total. The van der Waals surface area contributed by atoms with E-state index in [4.69, 9.17) is 29.4 Å². The molecule has 0 aliphatic rings. The average molecular weight is 530 g/mol. The van der Waals surface area contributed by atoms with E-state index in [1.54, 1.807) is 0 Å². The quantitative estimate of drug-likeness (QED) is 0.203. The van der Waals surface area contributed by atoms with Crippen molar-refractivity contribution in [1.82, 2.24) is 0 Å². The standard InChI is InChI=1S/2C9H10.2H3O3PS.Zn/c2*1-2-6-9-7-4-3-5-8-9;2*1-4(2,3)5;/h2*2-5,7-8H,1,6H2;2*(H3,1,2,3,5);. The van der Waals surface area contributed by atoms with Gasteiger partial charge in [0.2, 0.25) is 0 Å². The summed E-state index contributed by atoms with van der Waals surface area (Å²) in [6.45, 7) is -0.299. The number of rotatable bonds is 4. The molecule has 0 unspecified atom stereocenters. The Kier molecular flexibility index (Phi) is 22.4. The van der Waals surface area contributed by atoms with Gasteiger partial charge in [-0.15, -0.1) is 13.2 Å². The SMILES string of the molecule is C=CCc1ccccc1.C=CCc1ccccc1.OP(O)(O)=S.OP(O)(O)=S.[Zn]. The number of allylic oxidation sites excluding steroid dienone is 2. The van der Waals surface area contributed by atoms with Gasteiger partial charge in [-0.2, -0.15) is 0 Å². The molecule has 29 heavy (non-hydrogen) atoms. The molecule has 2 aromatic carbocycles. The predicted molar refractivity (Wildman–Crippen MR) is 123 cm³/mol. The van der Waals surface area contributed by atoms with Gasteiger partial charge in [0.05, 0.1) is 0 Å². The van der Waals surface area contributed by atoms with Crippen molar-refractivity contribution >= 4 is 37.1 Å². The maximum Gasteiger partial charge on any atom is 0.319 e. The summed E-state index contributed by atoms with van der Waals surface area (Å²) < 4.78 is 0. The molecule has 0 aromatic heterocycles. The van der Waals surface area contributed by atoms with Crippen LogP contribution in [0.25, 0.3) is 0 Å². The summed E-state index contributed by atoms with van der Waals surface area (Å²) in [6, 6.07) is 20.6. The zero-order valence-electron chi connectivity index (χ0n) is 15.9. The number of hydrogen-bond donors (Lipinski definition) is 6. The summed E-state index contributed by atoms with van der Waals surface area (Å²) >= 11 is 7.21. The Morgan fingerprint density at radius 3 is 1.00 bits per heavy atom. The minimum atomic E-state index is -3.81. The van der Waals surface area contributed by atoms with E-state index in [0.717, 1.165) is 12.8 Å². The van der Waals surface area contributed by atoms with Gasteiger partial charge < -0.3 is 29.4 Å². The van der Waals surface area contributed by atoms with Crippen molar-refractivity contribution in [3.8, 4) is 0 Å². The van der Waals surface area contributed by atoms with E-state index in [9.17, 15) is 0 Å². The largest absolute Gasteiger partial charge is 0.325 e. The molecule has 11 heteroatoms. The molecule has 2 aromatic rings. The van der Waals surface area contributed by atoms with Crippen molar-refractivity contribution in [1.29, 1.82) is 0 Å². The second kappa shape index (κ2) is 19.6. The summed E-state index contributed by atoms with van der Waals surface area (Å²) in [4.78, 5) is 45.3. The van der Waals surface area contributed by atoms with E-state index < -0.39 is 13.4 Å². The van der Waals surface area contributed by atoms with E-state index in [-0.39, 0.29) is 19.5 Å². The van der Waals surface area contributed by atoms with Crippen LogP contribution < -0.4 is 0 Å².